The molecule has 0 spiro atoms. The van der Waals surface area contributed by atoms with Gasteiger partial charge in [0.05, 0.1) is 18.2 Å². The van der Waals surface area contributed by atoms with E-state index in [1.54, 1.807) is 4.90 Å². The highest BCUT2D eigenvalue weighted by molar-refractivity contribution is 5.86. The quantitative estimate of drug-likeness (QED) is 0.433. The van der Waals surface area contributed by atoms with Crippen molar-refractivity contribution in [3.8, 4) is 11.4 Å². The van der Waals surface area contributed by atoms with Crippen LogP contribution in [0.5, 0.6) is 0 Å². The molecule has 1 aliphatic rings. The average molecular weight is 437 g/mol. The molecule has 1 aliphatic heterocycles. The van der Waals surface area contributed by atoms with Gasteiger partial charge in [0.2, 0.25) is 5.82 Å². The van der Waals surface area contributed by atoms with Crippen molar-refractivity contribution in [3.63, 3.8) is 0 Å². The number of nitrogens with one attached hydrogen (secondary N) is 1. The van der Waals surface area contributed by atoms with Gasteiger partial charge in [-0.15, -0.1) is 0 Å². The van der Waals surface area contributed by atoms with E-state index in [0.717, 1.165) is 28.0 Å². The Kier molecular flexibility index (Phi) is 5.48. The molecule has 6 heteroatoms. The van der Waals surface area contributed by atoms with Crippen molar-refractivity contribution in [2.24, 2.45) is 0 Å². The van der Waals surface area contributed by atoms with E-state index in [0.29, 0.717) is 18.3 Å². The second-order valence-corrected chi connectivity index (χ2v) is 8.15. The molecule has 1 atom stereocenters. The molecule has 0 aliphatic carbocycles. The van der Waals surface area contributed by atoms with Crippen LogP contribution in [0.1, 0.15) is 35.5 Å². The number of hydrogen-bond donors (Lipinski definition) is 1. The molecule has 0 bridgehead atoms. The molecule has 0 radical (unpaired) electrons. The fourth-order valence-electron chi connectivity index (χ4n) is 4.06. The predicted molar refractivity (Wildman–Crippen MR) is 127 cm³/mol. The molecule has 5 rings (SSSR count). The van der Waals surface area contributed by atoms with Crippen LogP contribution in [0.25, 0.3) is 17.0 Å². The van der Waals surface area contributed by atoms with Crippen LogP contribution in [0.3, 0.4) is 0 Å². The Morgan fingerprint density at radius 3 is 2.27 bits per heavy atom. The normalized spacial score (nSPS) is 16.1. The fourth-order valence-corrected chi connectivity index (χ4v) is 4.06. The van der Waals surface area contributed by atoms with Gasteiger partial charge in [0, 0.05) is 11.3 Å². The molecule has 4 aromatic rings. The Morgan fingerprint density at radius 1 is 0.909 bits per heavy atom. The maximum Gasteiger partial charge on any atom is 0.322 e. The molecule has 0 saturated heterocycles. The van der Waals surface area contributed by atoms with Gasteiger partial charge in [-0.3, -0.25) is 4.90 Å². The third-order valence-electron chi connectivity index (χ3n) is 5.88. The number of amides is 2. The first-order valence-electron chi connectivity index (χ1n) is 10.9. The Labute approximate surface area is 192 Å². The number of carbonyl (C=O) groups excluding carboxylic acids is 1. The molecule has 3 aromatic carbocycles. The van der Waals surface area contributed by atoms with Crippen molar-refractivity contribution in [3.05, 3.63) is 113 Å². The summed E-state index contributed by atoms with van der Waals surface area (Å²) in [6.07, 6.45) is 0. The van der Waals surface area contributed by atoms with Gasteiger partial charge in [-0.1, -0.05) is 95.6 Å². The highest BCUT2D eigenvalue weighted by Crippen LogP contribution is 2.37. The maximum atomic E-state index is 13.2. The number of allylic oxidation sites excluding steroid dienone is 1. The smallest absolute Gasteiger partial charge is 0.322 e. The van der Waals surface area contributed by atoms with E-state index < -0.39 is 6.04 Å². The highest BCUT2D eigenvalue weighted by atomic mass is 16.5. The number of benzene rings is 3. The summed E-state index contributed by atoms with van der Waals surface area (Å²) in [6, 6.07) is 27.2. The first kappa shape index (κ1) is 20.7. The van der Waals surface area contributed by atoms with Crippen LogP contribution in [0.4, 0.5) is 4.79 Å². The molecular weight excluding hydrogens is 412 g/mol. The lowest BCUT2D eigenvalue weighted by Crippen LogP contribution is -2.45. The summed E-state index contributed by atoms with van der Waals surface area (Å²) in [4.78, 5) is 19.6. The number of aryl methyl sites for hydroxylation is 1. The van der Waals surface area contributed by atoms with Gasteiger partial charge in [0.1, 0.15) is 0 Å². The third kappa shape index (κ3) is 4.15. The summed E-state index contributed by atoms with van der Waals surface area (Å²) in [7, 11) is 0. The minimum Gasteiger partial charge on any atom is -0.334 e. The Morgan fingerprint density at radius 2 is 1.58 bits per heavy atom. The van der Waals surface area contributed by atoms with E-state index in [-0.39, 0.29) is 6.03 Å². The molecular formula is C27H24N4O2. The summed E-state index contributed by atoms with van der Waals surface area (Å²) in [5.41, 5.74) is 5.63. The number of carbonyl (C=O) groups is 1. The van der Waals surface area contributed by atoms with Crippen molar-refractivity contribution < 1.29 is 9.32 Å². The monoisotopic (exact) mass is 436 g/mol. The van der Waals surface area contributed by atoms with Crippen molar-refractivity contribution >= 4 is 11.6 Å². The molecule has 1 unspecified atom stereocenters. The molecule has 2 heterocycles. The Bertz CT molecular complexity index is 1290. The molecule has 0 fully saturated rings. The van der Waals surface area contributed by atoms with Gasteiger partial charge < -0.3 is 9.84 Å². The topological polar surface area (TPSA) is 71.3 Å². The van der Waals surface area contributed by atoms with Crippen LogP contribution in [0.15, 0.2) is 95.1 Å². The van der Waals surface area contributed by atoms with E-state index in [2.05, 4.69) is 10.5 Å². The summed E-state index contributed by atoms with van der Waals surface area (Å²) < 4.78 is 5.73. The largest absolute Gasteiger partial charge is 0.334 e. The van der Waals surface area contributed by atoms with Crippen molar-refractivity contribution in [2.45, 2.75) is 26.4 Å². The van der Waals surface area contributed by atoms with Gasteiger partial charge in [-0.2, -0.15) is 4.98 Å². The lowest BCUT2D eigenvalue weighted by molar-refractivity contribution is 0.203. The van der Waals surface area contributed by atoms with Gasteiger partial charge in [-0.25, -0.2) is 4.79 Å². The molecule has 6 nitrogen and oxygen atoms in total. The van der Waals surface area contributed by atoms with Gasteiger partial charge in [0.15, 0.2) is 0 Å². The lowest BCUT2D eigenvalue weighted by Gasteiger charge is -2.35. The molecule has 1 N–H and O–H groups in total. The summed E-state index contributed by atoms with van der Waals surface area (Å²) in [6.45, 7) is 4.43. The van der Waals surface area contributed by atoms with E-state index in [9.17, 15) is 4.79 Å². The molecule has 2 amide bonds. The van der Waals surface area contributed by atoms with Crippen molar-refractivity contribution in [1.82, 2.24) is 20.4 Å². The zero-order chi connectivity index (χ0) is 22.8. The summed E-state index contributed by atoms with van der Waals surface area (Å²) >= 11 is 0. The van der Waals surface area contributed by atoms with E-state index >= 15 is 0 Å². The van der Waals surface area contributed by atoms with Gasteiger partial charge in [-0.05, 0) is 25.0 Å². The standard InChI is InChI=1S/C27H24N4O2/c1-18-13-15-20(16-14-18)17-31-19(2)23(24(28-27(31)32)21-9-5-3-6-10-21)26-29-25(30-33-26)22-11-7-4-8-12-22/h3-16,24H,17H2,1-2H3,(H,28,32). The van der Waals surface area contributed by atoms with Crippen LogP contribution >= 0.6 is 0 Å². The SMILES string of the molecule is CC1=C(c2nc(-c3ccccc3)no2)C(c2ccccc2)NC(=O)N1Cc1ccc(C)cc1. The minimum atomic E-state index is -0.392. The molecule has 164 valence electrons. The second-order valence-electron chi connectivity index (χ2n) is 8.15. The molecule has 33 heavy (non-hydrogen) atoms. The minimum absolute atomic E-state index is 0.159. The lowest BCUT2D eigenvalue weighted by atomic mass is 9.94. The van der Waals surface area contributed by atoms with Gasteiger partial charge >= 0.3 is 6.03 Å². The van der Waals surface area contributed by atoms with Gasteiger partial charge in [0.25, 0.3) is 5.89 Å². The highest BCUT2D eigenvalue weighted by Gasteiger charge is 2.35. The molecule has 1 aromatic heterocycles. The summed E-state index contributed by atoms with van der Waals surface area (Å²) in [5.74, 6) is 0.911. The zero-order valence-corrected chi connectivity index (χ0v) is 18.5. The third-order valence-corrected chi connectivity index (χ3v) is 5.88. The number of nitrogens with zero attached hydrogens (tertiary/aromatic N) is 3. The fraction of sp³-hybridized carbons (Fsp3) is 0.148. The number of hydrogen-bond acceptors (Lipinski definition) is 4. The van der Waals surface area contributed by atoms with Crippen LogP contribution in [0, 0.1) is 6.92 Å². The number of urea groups is 1. The Hall–Kier alpha value is -4.19. The number of aromatic nitrogens is 2. The summed E-state index contributed by atoms with van der Waals surface area (Å²) in [5, 5.41) is 7.35. The predicted octanol–water partition coefficient (Wildman–Crippen LogP) is 5.74. The zero-order valence-electron chi connectivity index (χ0n) is 18.5. The van der Waals surface area contributed by atoms with E-state index in [1.807, 2.05) is 98.8 Å². The Balaban J connectivity index is 1.59. The van der Waals surface area contributed by atoms with Crippen LogP contribution in [-0.4, -0.2) is 21.1 Å². The van der Waals surface area contributed by atoms with Crippen LogP contribution in [0.2, 0.25) is 0 Å². The van der Waals surface area contributed by atoms with Crippen LogP contribution < -0.4 is 5.32 Å². The number of rotatable bonds is 5. The maximum absolute atomic E-state index is 13.2. The average Bonchev–Trinajstić information content (AvgIpc) is 3.33. The second kappa shape index (κ2) is 8.74. The first-order chi connectivity index (χ1) is 16.1. The first-order valence-corrected chi connectivity index (χ1v) is 10.9. The van der Waals surface area contributed by atoms with Crippen molar-refractivity contribution in [1.29, 1.82) is 0 Å². The van der Waals surface area contributed by atoms with Crippen molar-refractivity contribution in [2.75, 3.05) is 0 Å². The van der Waals surface area contributed by atoms with Crippen LogP contribution in [-0.2, 0) is 6.54 Å². The van der Waals surface area contributed by atoms with E-state index in [1.165, 1.54) is 5.56 Å². The molecule has 0 saturated carbocycles. The van der Waals surface area contributed by atoms with E-state index in [4.69, 9.17) is 9.51 Å².